The van der Waals surface area contributed by atoms with E-state index in [-0.39, 0.29) is 17.9 Å². The molecule has 1 aliphatic carbocycles. The van der Waals surface area contributed by atoms with Gasteiger partial charge in [-0.2, -0.15) is 0 Å². The number of likely N-dealkylation sites (tertiary alicyclic amines) is 1. The lowest BCUT2D eigenvalue weighted by Gasteiger charge is -2.37. The van der Waals surface area contributed by atoms with Crippen LogP contribution in [0.15, 0.2) is 18.2 Å². The number of carbonyl (C=O) groups excluding carboxylic acids is 1. The number of primary amides is 1. The molecule has 1 fully saturated rings. The largest absolute Gasteiger partial charge is 0.369 e. The summed E-state index contributed by atoms with van der Waals surface area (Å²) >= 11 is 0. The van der Waals surface area contributed by atoms with Gasteiger partial charge in [0.2, 0.25) is 5.91 Å². The Kier molecular flexibility index (Phi) is 3.08. The molecule has 1 amide bonds. The van der Waals surface area contributed by atoms with Gasteiger partial charge in [0.25, 0.3) is 0 Å². The molecule has 18 heavy (non-hydrogen) atoms. The van der Waals surface area contributed by atoms with E-state index in [0.29, 0.717) is 0 Å². The molecule has 1 saturated heterocycles. The average molecular weight is 243 g/mol. The number of nitrogens with zero attached hydrogens (tertiary/aromatic N) is 1. The van der Waals surface area contributed by atoms with Gasteiger partial charge in [0.1, 0.15) is 0 Å². The van der Waals surface area contributed by atoms with E-state index in [1.54, 1.807) is 0 Å². The van der Waals surface area contributed by atoms with Crippen LogP contribution in [0, 0.1) is 6.07 Å². The zero-order valence-corrected chi connectivity index (χ0v) is 10.6. The molecule has 0 saturated carbocycles. The number of benzene rings is 1. The summed E-state index contributed by atoms with van der Waals surface area (Å²) in [4.78, 5) is 14.3. The smallest absolute Gasteiger partial charge is 0.226 e. The highest BCUT2D eigenvalue weighted by atomic mass is 16.1. The Morgan fingerprint density at radius 2 is 2.17 bits per heavy atom. The summed E-state index contributed by atoms with van der Waals surface area (Å²) < 4.78 is 0. The number of hydrogen-bond donors (Lipinski definition) is 1. The fraction of sp³-hybridized carbons (Fsp3) is 0.533. The highest BCUT2D eigenvalue weighted by molar-refractivity contribution is 5.83. The predicted molar refractivity (Wildman–Crippen MR) is 70.1 cm³/mol. The Morgan fingerprint density at radius 3 is 2.89 bits per heavy atom. The van der Waals surface area contributed by atoms with Crippen molar-refractivity contribution in [2.75, 3.05) is 13.1 Å². The fourth-order valence-corrected chi connectivity index (χ4v) is 3.45. The monoisotopic (exact) mass is 243 g/mol. The molecule has 1 aliphatic heterocycles. The Morgan fingerprint density at radius 1 is 1.39 bits per heavy atom. The van der Waals surface area contributed by atoms with Crippen LogP contribution in [0.25, 0.3) is 0 Å². The van der Waals surface area contributed by atoms with Gasteiger partial charge in [-0.1, -0.05) is 18.2 Å². The first kappa shape index (κ1) is 11.7. The maximum absolute atomic E-state index is 11.9. The molecule has 95 valence electrons. The van der Waals surface area contributed by atoms with Crippen LogP contribution in [-0.4, -0.2) is 29.9 Å². The van der Waals surface area contributed by atoms with Crippen molar-refractivity contribution in [3.8, 4) is 0 Å². The first-order valence-corrected chi connectivity index (χ1v) is 6.80. The molecule has 1 aromatic rings. The summed E-state index contributed by atoms with van der Waals surface area (Å²) in [6.45, 7) is 2.22. The molecule has 3 rings (SSSR count). The number of aryl methyl sites for hydroxylation is 1. The van der Waals surface area contributed by atoms with E-state index in [1.807, 2.05) is 12.1 Å². The fourth-order valence-electron chi connectivity index (χ4n) is 3.45. The lowest BCUT2D eigenvalue weighted by Crippen LogP contribution is -2.45. The van der Waals surface area contributed by atoms with Crippen LogP contribution in [0.1, 0.15) is 36.3 Å². The molecule has 0 spiro atoms. The van der Waals surface area contributed by atoms with E-state index in [9.17, 15) is 4.79 Å². The Labute approximate surface area is 108 Å². The van der Waals surface area contributed by atoms with Crippen LogP contribution in [0.4, 0.5) is 0 Å². The van der Waals surface area contributed by atoms with Crippen LogP contribution in [0.3, 0.4) is 0 Å². The van der Waals surface area contributed by atoms with Gasteiger partial charge in [-0.15, -0.1) is 0 Å². The minimum absolute atomic E-state index is 0.173. The van der Waals surface area contributed by atoms with Crippen molar-refractivity contribution in [1.29, 1.82) is 0 Å². The molecule has 2 N–H and O–H groups in total. The number of carbonyl (C=O) groups is 1. The van der Waals surface area contributed by atoms with Gasteiger partial charge in [0.05, 0.1) is 5.92 Å². The number of amides is 1. The van der Waals surface area contributed by atoms with Crippen LogP contribution >= 0.6 is 0 Å². The van der Waals surface area contributed by atoms with Crippen LogP contribution in [0.2, 0.25) is 0 Å². The zero-order chi connectivity index (χ0) is 12.5. The molecule has 2 aliphatic rings. The molecule has 1 heterocycles. The summed E-state index contributed by atoms with van der Waals surface area (Å²) in [5.41, 5.74) is 7.94. The maximum Gasteiger partial charge on any atom is 0.226 e. The van der Waals surface area contributed by atoms with Gasteiger partial charge in [0, 0.05) is 6.04 Å². The standard InChI is InChI=1S/C15H19N2O/c16-15(18)14-12-6-2-1-5-11(12)7-8-13(14)17-9-3-4-10-17/h1-2,5,13-14H,3-4,7-10H2,(H2,16,18). The molecule has 0 bridgehead atoms. The molecule has 2 atom stereocenters. The first-order chi connectivity index (χ1) is 8.77. The molecule has 1 radical (unpaired) electrons. The minimum atomic E-state index is -0.199. The van der Waals surface area contributed by atoms with E-state index in [0.717, 1.165) is 31.5 Å². The molecular formula is C15H19N2O. The quantitative estimate of drug-likeness (QED) is 0.855. The van der Waals surface area contributed by atoms with E-state index in [2.05, 4.69) is 17.0 Å². The van der Waals surface area contributed by atoms with Crippen molar-refractivity contribution in [1.82, 2.24) is 4.90 Å². The topological polar surface area (TPSA) is 46.3 Å². The molecule has 3 nitrogen and oxygen atoms in total. The summed E-state index contributed by atoms with van der Waals surface area (Å²) in [6.07, 6.45) is 4.57. The Balaban J connectivity index is 1.95. The Bertz CT molecular complexity index is 452. The van der Waals surface area contributed by atoms with Gasteiger partial charge >= 0.3 is 0 Å². The second-order valence-corrected chi connectivity index (χ2v) is 5.34. The summed E-state index contributed by atoms with van der Waals surface area (Å²) in [6, 6.07) is 9.52. The van der Waals surface area contributed by atoms with Gasteiger partial charge in [0.15, 0.2) is 0 Å². The maximum atomic E-state index is 11.9. The summed E-state index contributed by atoms with van der Waals surface area (Å²) in [7, 11) is 0. The third-order valence-corrected chi connectivity index (χ3v) is 4.30. The normalized spacial score (nSPS) is 28.0. The second-order valence-electron chi connectivity index (χ2n) is 5.34. The van der Waals surface area contributed by atoms with E-state index in [4.69, 9.17) is 5.73 Å². The van der Waals surface area contributed by atoms with Gasteiger partial charge < -0.3 is 5.73 Å². The average Bonchev–Trinajstić information content (AvgIpc) is 2.90. The minimum Gasteiger partial charge on any atom is -0.369 e. The lowest BCUT2D eigenvalue weighted by molar-refractivity contribution is -0.121. The van der Waals surface area contributed by atoms with Crippen molar-refractivity contribution >= 4 is 5.91 Å². The molecule has 3 heteroatoms. The molecular weight excluding hydrogens is 224 g/mol. The SMILES string of the molecule is NC(=O)C1c2[c]cccc2CCC1N1CCCC1. The number of hydrogen-bond acceptors (Lipinski definition) is 2. The van der Waals surface area contributed by atoms with Gasteiger partial charge in [-0.25, -0.2) is 0 Å². The lowest BCUT2D eigenvalue weighted by atomic mass is 9.78. The summed E-state index contributed by atoms with van der Waals surface area (Å²) in [5.74, 6) is -0.372. The summed E-state index contributed by atoms with van der Waals surface area (Å²) in [5, 5.41) is 0. The highest BCUT2D eigenvalue weighted by Gasteiger charge is 2.37. The van der Waals surface area contributed by atoms with E-state index >= 15 is 0 Å². The number of nitrogens with two attached hydrogens (primary N) is 1. The number of fused-ring (bicyclic) bond motifs is 1. The van der Waals surface area contributed by atoms with Crippen LogP contribution in [0.5, 0.6) is 0 Å². The van der Waals surface area contributed by atoms with Crippen molar-refractivity contribution in [2.45, 2.75) is 37.6 Å². The third kappa shape index (κ3) is 1.93. The van der Waals surface area contributed by atoms with Gasteiger partial charge in [-0.05, 0) is 56.0 Å². The van der Waals surface area contributed by atoms with Crippen molar-refractivity contribution in [2.24, 2.45) is 5.73 Å². The van der Waals surface area contributed by atoms with Crippen molar-refractivity contribution < 1.29 is 4.79 Å². The first-order valence-electron chi connectivity index (χ1n) is 6.80. The van der Waals surface area contributed by atoms with E-state index in [1.165, 1.54) is 18.4 Å². The molecule has 0 aromatic heterocycles. The second kappa shape index (κ2) is 4.73. The van der Waals surface area contributed by atoms with Crippen molar-refractivity contribution in [3.05, 3.63) is 35.4 Å². The van der Waals surface area contributed by atoms with E-state index < -0.39 is 0 Å². The predicted octanol–water partition coefficient (Wildman–Crippen LogP) is 1.47. The van der Waals surface area contributed by atoms with Crippen LogP contribution in [-0.2, 0) is 11.2 Å². The van der Waals surface area contributed by atoms with Gasteiger partial charge in [-0.3, -0.25) is 9.69 Å². The third-order valence-electron chi connectivity index (χ3n) is 4.30. The van der Waals surface area contributed by atoms with Crippen LogP contribution < -0.4 is 5.73 Å². The number of rotatable bonds is 2. The molecule has 1 aromatic carbocycles. The van der Waals surface area contributed by atoms with Crippen molar-refractivity contribution in [3.63, 3.8) is 0 Å². The molecule has 2 unspecified atom stereocenters. The Hall–Kier alpha value is -1.35. The zero-order valence-electron chi connectivity index (χ0n) is 10.6. The highest BCUT2D eigenvalue weighted by Crippen LogP contribution is 2.35.